The number of hydrogen-bond acceptors (Lipinski definition) is 2. The summed E-state index contributed by atoms with van der Waals surface area (Å²) in [5, 5.41) is 5.27. The van der Waals surface area contributed by atoms with Crippen LogP contribution in [-0.4, -0.2) is 24.4 Å². The lowest BCUT2D eigenvalue weighted by atomic mass is 10.1. The highest BCUT2D eigenvalue weighted by molar-refractivity contribution is 5.95. The molecule has 1 aromatic rings. The van der Waals surface area contributed by atoms with Gasteiger partial charge in [-0.3, -0.25) is 10.1 Å². The lowest BCUT2D eigenvalue weighted by Crippen LogP contribution is -2.35. The van der Waals surface area contributed by atoms with Crippen molar-refractivity contribution in [2.75, 3.05) is 11.9 Å². The summed E-state index contributed by atoms with van der Waals surface area (Å²) in [7, 11) is 0. The second-order valence-electron chi connectivity index (χ2n) is 5.32. The van der Waals surface area contributed by atoms with Crippen LogP contribution in [0.2, 0.25) is 0 Å². The number of rotatable bonds is 2. The summed E-state index contributed by atoms with van der Waals surface area (Å²) in [6.45, 7) is -0.421. The highest BCUT2D eigenvalue weighted by Crippen LogP contribution is 2.27. The third-order valence-electron chi connectivity index (χ3n) is 3.79. The van der Waals surface area contributed by atoms with Gasteiger partial charge in [-0.2, -0.15) is 0 Å². The van der Waals surface area contributed by atoms with Crippen molar-refractivity contribution in [1.29, 1.82) is 0 Å². The molecule has 2 aliphatic rings. The van der Waals surface area contributed by atoms with E-state index in [1.54, 1.807) is 0 Å². The van der Waals surface area contributed by atoms with Crippen molar-refractivity contribution in [2.45, 2.75) is 37.6 Å². The van der Waals surface area contributed by atoms with Crippen molar-refractivity contribution in [1.82, 2.24) is 5.32 Å². The van der Waals surface area contributed by atoms with Crippen molar-refractivity contribution in [3.63, 3.8) is 0 Å². The Morgan fingerprint density at radius 1 is 1.30 bits per heavy atom. The minimum Gasteiger partial charge on any atom is -0.325 e. The first-order chi connectivity index (χ1) is 9.03. The number of amides is 1. The van der Waals surface area contributed by atoms with Crippen molar-refractivity contribution in [2.24, 2.45) is 0 Å². The number of aryl methyl sites for hydroxylation is 2. The maximum absolute atomic E-state index is 13.0. The Hall–Kier alpha value is -1.20. The van der Waals surface area contributed by atoms with E-state index in [4.69, 9.17) is 0 Å². The maximum Gasteiger partial charge on any atom is 0.262 e. The summed E-state index contributed by atoms with van der Waals surface area (Å²) in [4.78, 5) is 11.9. The Kier molecular flexibility index (Phi) is 4.30. The number of carbonyl (C=O) groups excluding carboxylic acids is 1. The molecule has 0 radical (unpaired) electrons. The first-order valence-electron chi connectivity index (χ1n) is 6.57. The third-order valence-corrected chi connectivity index (χ3v) is 3.79. The molecule has 1 unspecified atom stereocenters. The minimum atomic E-state index is -2.78. The van der Waals surface area contributed by atoms with E-state index in [0.29, 0.717) is 5.69 Å². The first-order valence-corrected chi connectivity index (χ1v) is 6.57. The minimum absolute atomic E-state index is 0. The molecule has 0 aromatic heterocycles. The van der Waals surface area contributed by atoms with E-state index in [1.807, 2.05) is 18.2 Å². The SMILES string of the molecule is Cl.O=C(Nc1ccc2c(c1)CCC2)C1CC(F)(F)CN1. The predicted octanol–water partition coefficient (Wildman–Crippen LogP) is 2.53. The van der Waals surface area contributed by atoms with Crippen LogP contribution < -0.4 is 10.6 Å². The predicted molar refractivity (Wildman–Crippen MR) is 75.7 cm³/mol. The standard InChI is InChI=1S/C14H16F2N2O.ClH/c15-14(16)7-12(17-8-14)13(19)18-11-5-4-9-2-1-3-10(9)6-11;/h4-6,12,17H,1-3,7-8H2,(H,18,19);1H. The van der Waals surface area contributed by atoms with Crippen molar-refractivity contribution < 1.29 is 13.6 Å². The lowest BCUT2D eigenvalue weighted by Gasteiger charge is -2.12. The molecule has 1 fully saturated rings. The summed E-state index contributed by atoms with van der Waals surface area (Å²) < 4.78 is 26.1. The van der Waals surface area contributed by atoms with Gasteiger partial charge in [-0.25, -0.2) is 8.78 Å². The Morgan fingerprint density at radius 2 is 2.05 bits per heavy atom. The molecular formula is C14H17ClF2N2O. The van der Waals surface area contributed by atoms with Crippen LogP contribution in [0, 0.1) is 0 Å². The van der Waals surface area contributed by atoms with Gasteiger partial charge in [0.2, 0.25) is 5.91 Å². The smallest absolute Gasteiger partial charge is 0.262 e. The molecule has 20 heavy (non-hydrogen) atoms. The summed E-state index contributed by atoms with van der Waals surface area (Å²) >= 11 is 0. The lowest BCUT2D eigenvalue weighted by molar-refractivity contribution is -0.118. The quantitative estimate of drug-likeness (QED) is 0.881. The molecule has 1 aliphatic carbocycles. The molecule has 1 saturated heterocycles. The van der Waals surface area contributed by atoms with E-state index in [0.717, 1.165) is 19.3 Å². The van der Waals surface area contributed by atoms with Gasteiger partial charge in [0.25, 0.3) is 5.92 Å². The van der Waals surface area contributed by atoms with Crippen LogP contribution in [-0.2, 0) is 17.6 Å². The fraction of sp³-hybridized carbons (Fsp3) is 0.500. The number of benzene rings is 1. The molecular weight excluding hydrogens is 286 g/mol. The monoisotopic (exact) mass is 302 g/mol. The molecule has 110 valence electrons. The van der Waals surface area contributed by atoms with E-state index in [9.17, 15) is 13.6 Å². The topological polar surface area (TPSA) is 41.1 Å². The number of nitrogens with one attached hydrogen (secondary N) is 2. The van der Waals surface area contributed by atoms with Gasteiger partial charge in [-0.15, -0.1) is 12.4 Å². The molecule has 3 rings (SSSR count). The average Bonchev–Trinajstić information content (AvgIpc) is 2.94. The maximum atomic E-state index is 13.0. The van der Waals surface area contributed by atoms with E-state index in [-0.39, 0.29) is 18.3 Å². The van der Waals surface area contributed by atoms with E-state index < -0.39 is 24.9 Å². The normalized spacial score (nSPS) is 23.0. The molecule has 3 nitrogen and oxygen atoms in total. The summed E-state index contributed by atoms with van der Waals surface area (Å²) in [6, 6.07) is 5.00. The van der Waals surface area contributed by atoms with Crippen LogP contribution in [0.25, 0.3) is 0 Å². The van der Waals surface area contributed by atoms with Gasteiger partial charge in [0.05, 0.1) is 12.6 Å². The van der Waals surface area contributed by atoms with Crippen LogP contribution in [0.15, 0.2) is 18.2 Å². The number of anilines is 1. The number of fused-ring (bicyclic) bond motifs is 1. The molecule has 0 spiro atoms. The molecule has 1 atom stereocenters. The van der Waals surface area contributed by atoms with Gasteiger partial charge in [0, 0.05) is 12.1 Å². The second-order valence-corrected chi connectivity index (χ2v) is 5.32. The Labute approximate surface area is 122 Å². The third kappa shape index (κ3) is 3.10. The highest BCUT2D eigenvalue weighted by atomic mass is 35.5. The van der Waals surface area contributed by atoms with E-state index in [1.165, 1.54) is 11.1 Å². The summed E-state index contributed by atoms with van der Waals surface area (Å²) in [5.74, 6) is -3.16. The highest BCUT2D eigenvalue weighted by Gasteiger charge is 2.42. The summed E-state index contributed by atoms with van der Waals surface area (Å²) in [6.07, 6.45) is 2.83. The number of alkyl halides is 2. The number of halogens is 3. The molecule has 0 saturated carbocycles. The Morgan fingerprint density at radius 3 is 2.75 bits per heavy atom. The zero-order chi connectivity index (χ0) is 13.5. The van der Waals surface area contributed by atoms with Gasteiger partial charge in [-0.1, -0.05) is 6.07 Å². The average molecular weight is 303 g/mol. The van der Waals surface area contributed by atoms with Gasteiger partial charge in [-0.05, 0) is 42.5 Å². The van der Waals surface area contributed by atoms with E-state index in [2.05, 4.69) is 10.6 Å². The molecule has 1 amide bonds. The number of hydrogen-bond donors (Lipinski definition) is 2. The van der Waals surface area contributed by atoms with Crippen LogP contribution in [0.4, 0.5) is 14.5 Å². The van der Waals surface area contributed by atoms with Crippen molar-refractivity contribution in [3.8, 4) is 0 Å². The first kappa shape index (κ1) is 15.2. The fourth-order valence-corrected chi connectivity index (χ4v) is 2.78. The van der Waals surface area contributed by atoms with Crippen LogP contribution in [0.3, 0.4) is 0 Å². The van der Waals surface area contributed by atoms with E-state index >= 15 is 0 Å². The Bertz CT molecular complexity index is 522. The molecule has 2 N–H and O–H groups in total. The Balaban J connectivity index is 0.00000147. The van der Waals surface area contributed by atoms with Gasteiger partial charge in [0.1, 0.15) is 0 Å². The van der Waals surface area contributed by atoms with Crippen molar-refractivity contribution >= 4 is 24.0 Å². The fourth-order valence-electron chi connectivity index (χ4n) is 2.78. The second kappa shape index (κ2) is 5.66. The van der Waals surface area contributed by atoms with Crippen molar-refractivity contribution in [3.05, 3.63) is 29.3 Å². The summed E-state index contributed by atoms with van der Waals surface area (Å²) in [5.41, 5.74) is 3.27. The van der Waals surface area contributed by atoms with Gasteiger partial charge < -0.3 is 5.32 Å². The number of carbonyl (C=O) groups is 1. The van der Waals surface area contributed by atoms with Crippen LogP contribution in [0.1, 0.15) is 24.0 Å². The molecule has 0 bridgehead atoms. The molecule has 6 heteroatoms. The molecule has 1 heterocycles. The largest absolute Gasteiger partial charge is 0.325 e. The zero-order valence-corrected chi connectivity index (χ0v) is 11.7. The molecule has 1 aromatic carbocycles. The van der Waals surface area contributed by atoms with Gasteiger partial charge in [0.15, 0.2) is 0 Å². The molecule has 1 aliphatic heterocycles. The zero-order valence-electron chi connectivity index (χ0n) is 10.9. The van der Waals surface area contributed by atoms with Gasteiger partial charge >= 0.3 is 0 Å². The van der Waals surface area contributed by atoms with Crippen LogP contribution >= 0.6 is 12.4 Å². The van der Waals surface area contributed by atoms with Crippen LogP contribution in [0.5, 0.6) is 0 Å².